The molecule has 2 N–H and O–H groups in total. The molecule has 5 nitrogen and oxygen atoms in total. The lowest BCUT2D eigenvalue weighted by molar-refractivity contribution is 0.600. The number of hydrogen-bond donors (Lipinski definition) is 2. The van der Waals surface area contributed by atoms with Crippen LogP contribution in [0.3, 0.4) is 0 Å². The Hall–Kier alpha value is -1.12. The average molecular weight is 408 g/mol. The van der Waals surface area contributed by atoms with Crippen molar-refractivity contribution in [3.05, 3.63) is 55.8 Å². The number of rotatable bonds is 3. The van der Waals surface area contributed by atoms with Gasteiger partial charge in [0.2, 0.25) is 5.56 Å². The van der Waals surface area contributed by atoms with E-state index in [1.807, 2.05) is 0 Å². The van der Waals surface area contributed by atoms with Crippen molar-refractivity contribution in [1.29, 1.82) is 0 Å². The number of aromatic nitrogens is 1. The Kier molecular flexibility index (Phi) is 4.12. The lowest BCUT2D eigenvalue weighted by Gasteiger charge is -2.09. The van der Waals surface area contributed by atoms with Crippen LogP contribution in [0.4, 0.5) is 5.69 Å². The highest BCUT2D eigenvalue weighted by Crippen LogP contribution is 2.28. The standard InChI is InChI=1S/C11H8Br2N2O3S/c12-7-1-3-9(13)10(5-7)15-19(17,18)8-2-4-11(16)14-6-8/h1-6,15H,(H,14,16). The van der Waals surface area contributed by atoms with E-state index in [1.165, 1.54) is 6.07 Å². The van der Waals surface area contributed by atoms with Crippen LogP contribution in [0.15, 0.2) is 55.2 Å². The van der Waals surface area contributed by atoms with Crippen LogP contribution in [0.5, 0.6) is 0 Å². The number of aromatic amines is 1. The molecule has 0 atom stereocenters. The predicted molar refractivity (Wildman–Crippen MR) is 79.7 cm³/mol. The summed E-state index contributed by atoms with van der Waals surface area (Å²) in [5.41, 5.74) is 0.0446. The fourth-order valence-corrected chi connectivity index (χ4v) is 3.22. The van der Waals surface area contributed by atoms with Gasteiger partial charge in [-0.3, -0.25) is 9.52 Å². The Balaban J connectivity index is 2.39. The van der Waals surface area contributed by atoms with Gasteiger partial charge >= 0.3 is 0 Å². The Morgan fingerprint density at radius 3 is 2.47 bits per heavy atom. The van der Waals surface area contributed by atoms with Gasteiger partial charge in [0.25, 0.3) is 10.0 Å². The van der Waals surface area contributed by atoms with Crippen LogP contribution < -0.4 is 10.3 Å². The van der Waals surface area contributed by atoms with Crippen molar-refractivity contribution in [3.63, 3.8) is 0 Å². The first kappa shape index (κ1) is 14.3. The van der Waals surface area contributed by atoms with E-state index >= 15 is 0 Å². The van der Waals surface area contributed by atoms with Crippen molar-refractivity contribution in [2.45, 2.75) is 4.90 Å². The molecule has 0 amide bonds. The van der Waals surface area contributed by atoms with E-state index in [0.29, 0.717) is 10.2 Å². The van der Waals surface area contributed by atoms with Gasteiger partial charge in [-0.2, -0.15) is 0 Å². The Bertz CT molecular complexity index is 751. The molecule has 19 heavy (non-hydrogen) atoms. The van der Waals surface area contributed by atoms with Crippen molar-refractivity contribution < 1.29 is 8.42 Å². The second kappa shape index (κ2) is 5.48. The maximum Gasteiger partial charge on any atom is 0.263 e. The molecule has 2 rings (SSSR count). The van der Waals surface area contributed by atoms with Gasteiger partial charge < -0.3 is 4.98 Å². The Morgan fingerprint density at radius 1 is 1.11 bits per heavy atom. The quantitative estimate of drug-likeness (QED) is 0.820. The summed E-state index contributed by atoms with van der Waals surface area (Å²) in [7, 11) is -3.74. The van der Waals surface area contributed by atoms with Gasteiger partial charge in [-0.15, -0.1) is 0 Å². The fourth-order valence-electron chi connectivity index (χ4n) is 1.34. The topological polar surface area (TPSA) is 79.0 Å². The second-order valence-corrected chi connectivity index (χ2v) is 7.07. The van der Waals surface area contributed by atoms with E-state index in [9.17, 15) is 13.2 Å². The van der Waals surface area contributed by atoms with Crippen LogP contribution in [0, 0.1) is 0 Å². The van der Waals surface area contributed by atoms with Gasteiger partial charge in [-0.25, -0.2) is 8.42 Å². The first-order chi connectivity index (χ1) is 8.88. The molecule has 0 fully saturated rings. The van der Waals surface area contributed by atoms with E-state index < -0.39 is 10.0 Å². The molecular weight excluding hydrogens is 400 g/mol. The summed E-state index contributed by atoms with van der Waals surface area (Å²) >= 11 is 6.53. The smallest absolute Gasteiger partial charge is 0.263 e. The third-order valence-corrected chi connectivity index (χ3v) is 4.79. The number of halogens is 2. The molecule has 1 aromatic heterocycles. The number of pyridine rings is 1. The molecule has 2 aromatic rings. The molecule has 0 saturated heterocycles. The van der Waals surface area contributed by atoms with Crippen molar-refractivity contribution in [3.8, 4) is 0 Å². The lowest BCUT2D eigenvalue weighted by atomic mass is 10.3. The molecule has 0 bridgehead atoms. The number of hydrogen-bond acceptors (Lipinski definition) is 3. The van der Waals surface area contributed by atoms with Crippen molar-refractivity contribution in [1.82, 2.24) is 4.98 Å². The summed E-state index contributed by atoms with van der Waals surface area (Å²) in [4.78, 5) is 13.2. The number of nitrogens with one attached hydrogen (secondary N) is 2. The highest BCUT2D eigenvalue weighted by atomic mass is 79.9. The monoisotopic (exact) mass is 406 g/mol. The van der Waals surface area contributed by atoms with Gasteiger partial charge in [-0.1, -0.05) is 15.9 Å². The highest BCUT2D eigenvalue weighted by Gasteiger charge is 2.15. The summed E-state index contributed by atoms with van der Waals surface area (Å²) in [5.74, 6) is 0. The summed E-state index contributed by atoms with van der Waals surface area (Å²) in [6.45, 7) is 0. The third kappa shape index (κ3) is 3.46. The van der Waals surface area contributed by atoms with Crippen LogP contribution in [0.25, 0.3) is 0 Å². The minimum absolute atomic E-state index is 0.0148. The van der Waals surface area contributed by atoms with Crippen molar-refractivity contribution in [2.75, 3.05) is 4.72 Å². The third-order valence-electron chi connectivity index (χ3n) is 2.24. The van der Waals surface area contributed by atoms with Crippen LogP contribution in [-0.4, -0.2) is 13.4 Å². The second-order valence-electron chi connectivity index (χ2n) is 3.62. The summed E-state index contributed by atoms with van der Waals surface area (Å²) in [6, 6.07) is 7.53. The van der Waals surface area contributed by atoms with Gasteiger partial charge in [0, 0.05) is 21.2 Å². The van der Waals surface area contributed by atoms with E-state index in [-0.39, 0.29) is 10.5 Å². The van der Waals surface area contributed by atoms with Crippen LogP contribution in [0.1, 0.15) is 0 Å². The number of sulfonamides is 1. The van der Waals surface area contributed by atoms with Gasteiger partial charge in [-0.05, 0) is 40.2 Å². The van der Waals surface area contributed by atoms with Crippen LogP contribution >= 0.6 is 31.9 Å². The summed E-state index contributed by atoms with van der Waals surface area (Å²) in [6.07, 6.45) is 1.15. The first-order valence-electron chi connectivity index (χ1n) is 5.05. The number of benzene rings is 1. The molecule has 0 radical (unpaired) electrons. The number of anilines is 1. The van der Waals surface area contributed by atoms with Crippen LogP contribution in [0.2, 0.25) is 0 Å². The van der Waals surface area contributed by atoms with Gasteiger partial charge in [0.15, 0.2) is 0 Å². The molecule has 8 heteroatoms. The van der Waals surface area contributed by atoms with Crippen molar-refractivity contribution >= 4 is 47.6 Å². The van der Waals surface area contributed by atoms with E-state index in [1.54, 1.807) is 18.2 Å². The van der Waals surface area contributed by atoms with Crippen LogP contribution in [-0.2, 0) is 10.0 Å². The van der Waals surface area contributed by atoms with E-state index in [4.69, 9.17) is 0 Å². The molecule has 0 saturated carbocycles. The largest absolute Gasteiger partial charge is 0.328 e. The van der Waals surface area contributed by atoms with E-state index in [2.05, 4.69) is 41.6 Å². The average Bonchev–Trinajstić information content (AvgIpc) is 2.34. The predicted octanol–water partition coefficient (Wildman–Crippen LogP) is 2.70. The van der Waals surface area contributed by atoms with E-state index in [0.717, 1.165) is 16.7 Å². The molecule has 0 spiro atoms. The molecule has 0 unspecified atom stereocenters. The minimum Gasteiger partial charge on any atom is -0.328 e. The normalized spacial score (nSPS) is 11.3. The molecule has 100 valence electrons. The van der Waals surface area contributed by atoms with Gasteiger partial charge in [0.1, 0.15) is 4.90 Å². The maximum absolute atomic E-state index is 12.1. The van der Waals surface area contributed by atoms with Gasteiger partial charge in [0.05, 0.1) is 5.69 Å². The Morgan fingerprint density at radius 2 is 1.84 bits per heavy atom. The zero-order chi connectivity index (χ0) is 14.0. The maximum atomic E-state index is 12.1. The summed E-state index contributed by atoms with van der Waals surface area (Å²) in [5, 5.41) is 0. The molecule has 1 heterocycles. The molecule has 0 aliphatic heterocycles. The Labute approximate surface area is 126 Å². The molecule has 1 aromatic carbocycles. The zero-order valence-electron chi connectivity index (χ0n) is 9.35. The zero-order valence-corrected chi connectivity index (χ0v) is 13.3. The van der Waals surface area contributed by atoms with Crippen molar-refractivity contribution in [2.24, 2.45) is 0 Å². The SMILES string of the molecule is O=c1ccc(S(=O)(=O)Nc2cc(Br)ccc2Br)c[nH]1. The summed E-state index contributed by atoms with van der Waals surface area (Å²) < 4.78 is 28.0. The lowest BCUT2D eigenvalue weighted by Crippen LogP contribution is -2.15. The molecule has 0 aliphatic rings. The fraction of sp³-hybridized carbons (Fsp3) is 0. The molecule has 0 aliphatic carbocycles. The molecular formula is C11H8Br2N2O3S. The highest BCUT2D eigenvalue weighted by molar-refractivity contribution is 9.11. The first-order valence-corrected chi connectivity index (χ1v) is 8.12. The minimum atomic E-state index is -3.74. The number of H-pyrrole nitrogens is 1.